The van der Waals surface area contributed by atoms with Gasteiger partial charge in [0.25, 0.3) is 5.69 Å². The molecule has 0 aliphatic heterocycles. The number of hydrogen-bond acceptors (Lipinski definition) is 6. The molecule has 1 aromatic rings. The van der Waals surface area contributed by atoms with Crippen molar-refractivity contribution in [2.24, 2.45) is 40.1 Å². The molecule has 0 aromatic heterocycles. The average molecular weight is 511 g/mol. The fraction of sp³-hybridized carbons (Fsp3) is 0.690. The summed E-state index contributed by atoms with van der Waals surface area (Å²) in [4.78, 5) is 21.3. The molecule has 3 aliphatic carbocycles. The van der Waals surface area contributed by atoms with Crippen molar-refractivity contribution in [3.63, 3.8) is 0 Å². The first-order valence-electron chi connectivity index (χ1n) is 14.0. The van der Waals surface area contributed by atoms with E-state index in [4.69, 9.17) is 0 Å². The molecule has 1 N–H and O–H groups in total. The highest BCUT2D eigenvalue weighted by atomic mass is 16.6. The lowest BCUT2D eigenvalue weighted by atomic mass is 9.55. The Hall–Kier alpha value is -2.77. The van der Waals surface area contributed by atoms with E-state index in [2.05, 4.69) is 45.1 Å². The Morgan fingerprint density at radius 1 is 1.08 bits per heavy atom. The minimum Gasteiger partial charge on any atom is -0.271 e. The molecular weight excluding hydrogens is 468 g/mol. The molecular formula is C29H42N4O4. The van der Waals surface area contributed by atoms with Crippen molar-refractivity contribution >= 4 is 22.8 Å². The number of hydrogen-bond donors (Lipinski definition) is 1. The topological polar surface area (TPSA) is 111 Å². The van der Waals surface area contributed by atoms with E-state index in [1.807, 2.05) is 0 Å². The van der Waals surface area contributed by atoms with Crippen LogP contribution in [0.5, 0.6) is 0 Å². The normalized spacial score (nSPS) is 29.2. The number of benzene rings is 1. The van der Waals surface area contributed by atoms with Gasteiger partial charge in [-0.2, -0.15) is 5.10 Å². The number of fused-ring (bicyclic) bond motifs is 3. The van der Waals surface area contributed by atoms with Gasteiger partial charge in [-0.15, -0.1) is 0 Å². The molecule has 202 valence electrons. The van der Waals surface area contributed by atoms with Crippen LogP contribution < -0.4 is 5.43 Å². The van der Waals surface area contributed by atoms with Crippen LogP contribution in [0.3, 0.4) is 0 Å². The summed E-state index contributed by atoms with van der Waals surface area (Å²) in [5, 5.41) is 27.1. The van der Waals surface area contributed by atoms with Gasteiger partial charge in [-0.25, -0.2) is 0 Å². The number of nitro groups is 2. The van der Waals surface area contributed by atoms with Crippen molar-refractivity contribution in [2.75, 3.05) is 5.43 Å². The molecule has 1 aromatic carbocycles. The maximum atomic E-state index is 11.5. The van der Waals surface area contributed by atoms with Crippen LogP contribution in [0.1, 0.15) is 92.4 Å². The Kier molecular flexibility index (Phi) is 8.05. The first-order valence-corrected chi connectivity index (χ1v) is 14.0. The molecule has 0 bridgehead atoms. The van der Waals surface area contributed by atoms with Crippen LogP contribution in [0.15, 0.2) is 34.4 Å². The van der Waals surface area contributed by atoms with Crippen molar-refractivity contribution in [1.29, 1.82) is 0 Å². The maximum Gasteiger partial charge on any atom is 0.301 e. The van der Waals surface area contributed by atoms with Crippen LogP contribution in [0.4, 0.5) is 17.1 Å². The van der Waals surface area contributed by atoms with Gasteiger partial charge < -0.3 is 0 Å². The van der Waals surface area contributed by atoms with Crippen LogP contribution in [0.25, 0.3) is 0 Å². The van der Waals surface area contributed by atoms with Gasteiger partial charge in [0.2, 0.25) is 0 Å². The third-order valence-corrected chi connectivity index (χ3v) is 9.78. The van der Waals surface area contributed by atoms with Crippen LogP contribution in [-0.2, 0) is 0 Å². The van der Waals surface area contributed by atoms with E-state index >= 15 is 0 Å². The van der Waals surface area contributed by atoms with E-state index in [0.29, 0.717) is 11.3 Å². The summed E-state index contributed by atoms with van der Waals surface area (Å²) in [5.41, 5.74) is 6.48. The molecule has 0 unspecified atom stereocenters. The van der Waals surface area contributed by atoms with Crippen LogP contribution in [0, 0.1) is 55.2 Å². The molecule has 37 heavy (non-hydrogen) atoms. The van der Waals surface area contributed by atoms with Crippen LogP contribution in [0.2, 0.25) is 0 Å². The molecule has 0 amide bonds. The molecule has 0 saturated heterocycles. The molecule has 8 heteroatoms. The minimum absolute atomic E-state index is 0.171. The van der Waals surface area contributed by atoms with Gasteiger partial charge in [-0.05, 0) is 92.1 Å². The highest BCUT2D eigenvalue weighted by molar-refractivity contribution is 6.01. The number of rotatable bonds is 9. The van der Waals surface area contributed by atoms with Gasteiger partial charge >= 0.3 is 5.69 Å². The summed E-state index contributed by atoms with van der Waals surface area (Å²) in [5.74, 6) is 3.71. The monoisotopic (exact) mass is 510 g/mol. The summed E-state index contributed by atoms with van der Waals surface area (Å²) in [6.07, 6.45) is 10.9. The quantitative estimate of drug-likeness (QED) is 0.265. The largest absolute Gasteiger partial charge is 0.301 e. The fourth-order valence-electron chi connectivity index (χ4n) is 7.79. The molecule has 0 spiro atoms. The second kappa shape index (κ2) is 10.9. The predicted octanol–water partition coefficient (Wildman–Crippen LogP) is 8.29. The second-order valence-corrected chi connectivity index (χ2v) is 12.3. The van der Waals surface area contributed by atoms with Crippen LogP contribution >= 0.6 is 0 Å². The summed E-state index contributed by atoms with van der Waals surface area (Å²) in [7, 11) is 0. The lowest BCUT2D eigenvalue weighted by Gasteiger charge is -2.49. The van der Waals surface area contributed by atoms with Crippen molar-refractivity contribution in [3.05, 3.63) is 49.6 Å². The number of nitrogens with one attached hydrogen (secondary N) is 1. The Labute approximate surface area is 220 Å². The molecule has 0 heterocycles. The number of hydrazone groups is 1. The highest BCUT2D eigenvalue weighted by Gasteiger charge is 2.54. The molecule has 5 atom stereocenters. The number of non-ortho nitro benzene ring substituents is 1. The van der Waals surface area contributed by atoms with E-state index in [9.17, 15) is 20.2 Å². The van der Waals surface area contributed by atoms with E-state index in [-0.39, 0.29) is 17.1 Å². The molecule has 8 nitrogen and oxygen atoms in total. The standard InChI is InChI=1S/C29H42N4O4/c1-18(2)7-6-8-19(3)24-11-12-25-23-10-14-26(20(4)22(23)15-16-29(24,25)5)30-31-27-13-9-21(32(34)35)17-28(27)33(36)37/h9,13,17-19,23-25,31H,6-8,10-12,14-16H2,1-5H3/b30-26+/t19-,23+,24+,25-,29-/m0/s1. The van der Waals surface area contributed by atoms with Gasteiger partial charge in [0.05, 0.1) is 21.6 Å². The maximum absolute atomic E-state index is 11.5. The second-order valence-electron chi connectivity index (χ2n) is 12.3. The number of nitro benzene ring substituents is 2. The van der Waals surface area contributed by atoms with Gasteiger partial charge in [-0.3, -0.25) is 25.7 Å². The lowest BCUT2D eigenvalue weighted by Crippen LogP contribution is -2.42. The van der Waals surface area contributed by atoms with E-state index in [1.165, 1.54) is 61.8 Å². The summed E-state index contributed by atoms with van der Waals surface area (Å²) in [6.45, 7) is 11.8. The summed E-state index contributed by atoms with van der Waals surface area (Å²) in [6, 6.07) is 3.61. The zero-order chi connectivity index (χ0) is 26.9. The van der Waals surface area contributed by atoms with Crippen molar-refractivity contribution in [3.8, 4) is 0 Å². The average Bonchev–Trinajstić information content (AvgIpc) is 3.20. The number of allylic oxidation sites excluding steroid dienone is 2. The summed E-state index contributed by atoms with van der Waals surface area (Å²) < 4.78 is 0. The Morgan fingerprint density at radius 2 is 1.84 bits per heavy atom. The van der Waals surface area contributed by atoms with Gasteiger partial charge in [0.15, 0.2) is 0 Å². The first-order chi connectivity index (χ1) is 17.5. The number of anilines is 1. The number of nitrogens with zero attached hydrogens (tertiary/aromatic N) is 3. The predicted molar refractivity (Wildman–Crippen MR) is 148 cm³/mol. The molecule has 4 rings (SSSR count). The van der Waals surface area contributed by atoms with Crippen molar-refractivity contribution in [2.45, 2.75) is 92.4 Å². The van der Waals surface area contributed by atoms with E-state index in [0.717, 1.165) is 54.7 Å². The minimum atomic E-state index is -0.630. The van der Waals surface area contributed by atoms with Crippen molar-refractivity contribution < 1.29 is 9.85 Å². The third-order valence-electron chi connectivity index (χ3n) is 9.78. The molecule has 0 radical (unpaired) electrons. The Morgan fingerprint density at radius 3 is 2.51 bits per heavy atom. The van der Waals surface area contributed by atoms with Crippen LogP contribution in [-0.4, -0.2) is 15.6 Å². The third kappa shape index (κ3) is 5.43. The summed E-state index contributed by atoms with van der Waals surface area (Å²) >= 11 is 0. The smallest absolute Gasteiger partial charge is 0.271 e. The van der Waals surface area contributed by atoms with Crippen molar-refractivity contribution in [1.82, 2.24) is 0 Å². The lowest BCUT2D eigenvalue weighted by molar-refractivity contribution is -0.393. The molecule has 2 saturated carbocycles. The van der Waals surface area contributed by atoms with Gasteiger partial charge in [0, 0.05) is 6.07 Å². The van der Waals surface area contributed by atoms with Gasteiger partial charge in [-0.1, -0.05) is 52.5 Å². The molecule has 2 fully saturated rings. The fourth-order valence-corrected chi connectivity index (χ4v) is 7.79. The molecule has 3 aliphatic rings. The SMILES string of the molecule is CC1=C2CC[C@@]3(C)[C@@H]([C@@H](C)CCCC(C)C)CC[C@H]3[C@@H]2CC/C1=N\Nc1ccc([N+](=O)[O-])cc1[N+](=O)[O-]. The zero-order valence-corrected chi connectivity index (χ0v) is 23.0. The van der Waals surface area contributed by atoms with E-state index < -0.39 is 9.85 Å². The highest BCUT2D eigenvalue weighted by Crippen LogP contribution is 2.63. The first kappa shape index (κ1) is 27.3. The Balaban J connectivity index is 1.49. The zero-order valence-electron chi connectivity index (χ0n) is 23.0. The Bertz CT molecular complexity index is 1110. The van der Waals surface area contributed by atoms with E-state index in [1.54, 1.807) is 0 Å². The van der Waals surface area contributed by atoms with Gasteiger partial charge in [0.1, 0.15) is 5.69 Å².